The van der Waals surface area contributed by atoms with Gasteiger partial charge in [-0.1, -0.05) is 6.92 Å². The summed E-state index contributed by atoms with van der Waals surface area (Å²) in [7, 11) is -3.95. The standard InChI is InChI=1S/C12H17FN2O4S/c1-5-12(3,4)14-20(18,19)11-7-10(15(16)17)9(13)6-8(11)2/h6-7,14H,5H2,1-4H3. The van der Waals surface area contributed by atoms with E-state index in [-0.39, 0.29) is 10.5 Å². The summed E-state index contributed by atoms with van der Waals surface area (Å²) in [6, 6.07) is 1.60. The lowest BCUT2D eigenvalue weighted by Gasteiger charge is -2.24. The van der Waals surface area contributed by atoms with E-state index in [0.717, 1.165) is 12.1 Å². The van der Waals surface area contributed by atoms with Crippen molar-refractivity contribution >= 4 is 15.7 Å². The predicted octanol–water partition coefficient (Wildman–Crippen LogP) is 2.51. The van der Waals surface area contributed by atoms with Crippen LogP contribution in [0.2, 0.25) is 0 Å². The number of nitro groups is 1. The Morgan fingerprint density at radius 2 is 1.95 bits per heavy atom. The Labute approximate surface area is 117 Å². The number of nitro benzene ring substituents is 1. The second-order valence-corrected chi connectivity index (χ2v) is 6.82. The Morgan fingerprint density at radius 3 is 2.40 bits per heavy atom. The number of halogens is 1. The van der Waals surface area contributed by atoms with E-state index in [0.29, 0.717) is 6.42 Å². The van der Waals surface area contributed by atoms with Crippen LogP contribution in [0.4, 0.5) is 10.1 Å². The number of hydrogen-bond donors (Lipinski definition) is 1. The first-order valence-corrected chi connectivity index (χ1v) is 7.47. The molecule has 0 saturated heterocycles. The zero-order chi connectivity index (χ0) is 15.7. The molecule has 0 saturated carbocycles. The van der Waals surface area contributed by atoms with Crippen molar-refractivity contribution in [3.05, 3.63) is 33.6 Å². The Bertz CT molecular complexity index is 641. The van der Waals surface area contributed by atoms with Gasteiger partial charge in [-0.05, 0) is 38.8 Å². The molecule has 0 aliphatic heterocycles. The van der Waals surface area contributed by atoms with Crippen LogP contribution in [-0.2, 0) is 10.0 Å². The van der Waals surface area contributed by atoms with Gasteiger partial charge in [0.15, 0.2) is 0 Å². The molecule has 20 heavy (non-hydrogen) atoms. The van der Waals surface area contributed by atoms with Gasteiger partial charge in [-0.25, -0.2) is 13.1 Å². The van der Waals surface area contributed by atoms with Crippen LogP contribution in [0.5, 0.6) is 0 Å². The highest BCUT2D eigenvalue weighted by Gasteiger charge is 2.28. The van der Waals surface area contributed by atoms with Gasteiger partial charge in [0.1, 0.15) is 0 Å². The van der Waals surface area contributed by atoms with E-state index in [1.165, 1.54) is 6.92 Å². The van der Waals surface area contributed by atoms with Gasteiger partial charge in [-0.2, -0.15) is 4.39 Å². The van der Waals surface area contributed by atoms with E-state index in [2.05, 4.69) is 4.72 Å². The molecule has 0 heterocycles. The van der Waals surface area contributed by atoms with Crippen molar-refractivity contribution in [3.63, 3.8) is 0 Å². The minimum Gasteiger partial charge on any atom is -0.258 e. The van der Waals surface area contributed by atoms with Crippen LogP contribution < -0.4 is 4.72 Å². The molecule has 0 spiro atoms. The largest absolute Gasteiger partial charge is 0.306 e. The molecule has 1 aromatic rings. The Balaban J connectivity index is 3.39. The summed E-state index contributed by atoms with van der Waals surface area (Å²) < 4.78 is 40.4. The van der Waals surface area contributed by atoms with Crippen LogP contribution in [0.1, 0.15) is 32.8 Å². The van der Waals surface area contributed by atoms with Gasteiger partial charge in [0.05, 0.1) is 9.82 Å². The Kier molecular flexibility index (Phi) is 4.50. The molecule has 0 unspecified atom stereocenters. The summed E-state index contributed by atoms with van der Waals surface area (Å²) in [5.41, 5.74) is -1.44. The molecule has 0 bridgehead atoms. The zero-order valence-corrected chi connectivity index (χ0v) is 12.5. The van der Waals surface area contributed by atoms with Crippen LogP contribution in [0.15, 0.2) is 17.0 Å². The molecule has 0 aliphatic rings. The van der Waals surface area contributed by atoms with Gasteiger partial charge in [0.25, 0.3) is 0 Å². The van der Waals surface area contributed by atoms with Crippen molar-refractivity contribution in [3.8, 4) is 0 Å². The molecule has 0 aliphatic carbocycles. The number of aryl methyl sites for hydroxylation is 1. The average molecular weight is 304 g/mol. The molecule has 8 heteroatoms. The molecule has 112 valence electrons. The Morgan fingerprint density at radius 1 is 1.40 bits per heavy atom. The number of nitrogens with zero attached hydrogens (tertiary/aromatic N) is 1. The number of benzene rings is 1. The van der Waals surface area contributed by atoms with E-state index >= 15 is 0 Å². The lowest BCUT2D eigenvalue weighted by Crippen LogP contribution is -2.42. The fourth-order valence-corrected chi connectivity index (χ4v) is 3.29. The minimum atomic E-state index is -3.95. The van der Waals surface area contributed by atoms with E-state index in [4.69, 9.17) is 0 Å². The monoisotopic (exact) mass is 304 g/mol. The molecule has 0 amide bonds. The first-order chi connectivity index (χ1) is 9.00. The van der Waals surface area contributed by atoms with E-state index in [9.17, 15) is 22.9 Å². The van der Waals surface area contributed by atoms with Gasteiger partial charge in [-0.3, -0.25) is 10.1 Å². The highest BCUT2D eigenvalue weighted by molar-refractivity contribution is 7.89. The van der Waals surface area contributed by atoms with Crippen molar-refractivity contribution in [2.45, 2.75) is 44.6 Å². The number of sulfonamides is 1. The molecule has 6 nitrogen and oxygen atoms in total. The first-order valence-electron chi connectivity index (χ1n) is 5.98. The summed E-state index contributed by atoms with van der Waals surface area (Å²) in [6.45, 7) is 6.58. The second kappa shape index (κ2) is 5.45. The number of hydrogen-bond acceptors (Lipinski definition) is 4. The topological polar surface area (TPSA) is 89.3 Å². The molecular weight excluding hydrogens is 287 g/mol. The number of nitrogens with one attached hydrogen (secondary N) is 1. The third-order valence-electron chi connectivity index (χ3n) is 3.03. The molecule has 0 atom stereocenters. The van der Waals surface area contributed by atoms with E-state index in [1.807, 2.05) is 6.92 Å². The SMILES string of the molecule is CCC(C)(C)NS(=O)(=O)c1cc([N+](=O)[O-])c(F)cc1C. The summed E-state index contributed by atoms with van der Waals surface area (Å²) in [5.74, 6) is -1.05. The summed E-state index contributed by atoms with van der Waals surface area (Å²) in [4.78, 5) is 9.47. The minimum absolute atomic E-state index is 0.118. The molecule has 1 aromatic carbocycles. The lowest BCUT2D eigenvalue weighted by molar-refractivity contribution is -0.387. The molecule has 0 aromatic heterocycles. The molecule has 0 fully saturated rings. The van der Waals surface area contributed by atoms with Crippen molar-refractivity contribution in [1.82, 2.24) is 4.72 Å². The maximum Gasteiger partial charge on any atom is 0.306 e. The molecule has 0 radical (unpaired) electrons. The molecule has 1 N–H and O–H groups in total. The van der Waals surface area contributed by atoms with Crippen molar-refractivity contribution in [2.75, 3.05) is 0 Å². The maximum absolute atomic E-state index is 13.4. The summed E-state index contributed by atoms with van der Waals surface area (Å²) in [5, 5.41) is 10.7. The van der Waals surface area contributed by atoms with Gasteiger partial charge in [0, 0.05) is 11.6 Å². The lowest BCUT2D eigenvalue weighted by atomic mass is 10.0. The third kappa shape index (κ3) is 3.51. The fraction of sp³-hybridized carbons (Fsp3) is 0.500. The highest BCUT2D eigenvalue weighted by atomic mass is 32.2. The van der Waals surface area contributed by atoms with Gasteiger partial charge in [0.2, 0.25) is 15.8 Å². The third-order valence-corrected chi connectivity index (χ3v) is 4.87. The second-order valence-electron chi connectivity index (χ2n) is 5.17. The van der Waals surface area contributed by atoms with Crippen molar-refractivity contribution < 1.29 is 17.7 Å². The quantitative estimate of drug-likeness (QED) is 0.668. The first kappa shape index (κ1) is 16.5. The van der Waals surface area contributed by atoms with Gasteiger partial charge >= 0.3 is 5.69 Å². The summed E-state index contributed by atoms with van der Waals surface area (Å²) >= 11 is 0. The predicted molar refractivity (Wildman–Crippen MR) is 72.5 cm³/mol. The smallest absolute Gasteiger partial charge is 0.258 e. The van der Waals surface area contributed by atoms with Gasteiger partial charge < -0.3 is 0 Å². The normalized spacial score (nSPS) is 12.4. The average Bonchev–Trinajstić information content (AvgIpc) is 2.26. The van der Waals surface area contributed by atoms with Crippen molar-refractivity contribution in [1.29, 1.82) is 0 Å². The van der Waals surface area contributed by atoms with E-state index in [1.54, 1.807) is 13.8 Å². The van der Waals surface area contributed by atoms with Crippen LogP contribution in [0.25, 0.3) is 0 Å². The van der Waals surface area contributed by atoms with Crippen molar-refractivity contribution in [2.24, 2.45) is 0 Å². The molecule has 1 rings (SSSR count). The fourth-order valence-electron chi connectivity index (χ4n) is 1.56. The zero-order valence-electron chi connectivity index (χ0n) is 11.7. The maximum atomic E-state index is 13.4. The van der Waals surface area contributed by atoms with E-state index < -0.39 is 32.0 Å². The van der Waals surface area contributed by atoms with Crippen LogP contribution in [-0.4, -0.2) is 18.9 Å². The van der Waals surface area contributed by atoms with Crippen LogP contribution in [0.3, 0.4) is 0 Å². The van der Waals surface area contributed by atoms with Gasteiger partial charge in [-0.15, -0.1) is 0 Å². The molecular formula is C12H17FN2O4S. The van der Waals surface area contributed by atoms with Crippen LogP contribution in [0, 0.1) is 22.9 Å². The van der Waals surface area contributed by atoms with Crippen LogP contribution >= 0.6 is 0 Å². The number of rotatable bonds is 5. The highest BCUT2D eigenvalue weighted by Crippen LogP contribution is 2.26. The Hall–Kier alpha value is -1.54. The summed E-state index contributed by atoms with van der Waals surface area (Å²) in [6.07, 6.45) is 0.536.